The Hall–Kier alpha value is -4.10. The number of esters is 1. The summed E-state index contributed by atoms with van der Waals surface area (Å²) in [5.41, 5.74) is 3.19. The Labute approximate surface area is 214 Å². The van der Waals surface area contributed by atoms with E-state index in [4.69, 9.17) is 21.1 Å². The van der Waals surface area contributed by atoms with E-state index >= 15 is 0 Å². The minimum absolute atomic E-state index is 0.129. The highest BCUT2D eigenvalue weighted by molar-refractivity contribution is 6.30. The molecule has 1 aromatic heterocycles. The van der Waals surface area contributed by atoms with Crippen LogP contribution in [0, 0.1) is 6.92 Å². The molecule has 7 nitrogen and oxygen atoms in total. The number of halogens is 1. The van der Waals surface area contributed by atoms with Gasteiger partial charge in [-0.25, -0.2) is 9.78 Å². The van der Waals surface area contributed by atoms with Crippen LogP contribution < -0.4 is 15.6 Å². The van der Waals surface area contributed by atoms with E-state index in [0.29, 0.717) is 23.1 Å². The number of hydrogen-bond acceptors (Lipinski definition) is 6. The van der Waals surface area contributed by atoms with Crippen molar-refractivity contribution in [2.75, 3.05) is 11.9 Å². The van der Waals surface area contributed by atoms with E-state index in [1.165, 1.54) is 16.3 Å². The van der Waals surface area contributed by atoms with E-state index in [1.54, 1.807) is 19.1 Å². The first-order valence-electron chi connectivity index (χ1n) is 11.5. The summed E-state index contributed by atoms with van der Waals surface area (Å²) < 4.78 is 12.3. The van der Waals surface area contributed by atoms with Crippen LogP contribution in [0.5, 0.6) is 5.75 Å². The van der Waals surface area contributed by atoms with Gasteiger partial charge in [-0.05, 0) is 61.4 Å². The molecule has 3 aromatic carbocycles. The number of nitrogens with zero attached hydrogens (tertiary/aromatic N) is 2. The first kappa shape index (κ1) is 25.0. The molecule has 0 aliphatic heterocycles. The van der Waals surface area contributed by atoms with Crippen LogP contribution >= 0.6 is 11.6 Å². The molecule has 4 rings (SSSR count). The van der Waals surface area contributed by atoms with Crippen molar-refractivity contribution < 1.29 is 14.3 Å². The largest absolute Gasteiger partial charge is 0.489 e. The molecule has 184 valence electrons. The highest BCUT2D eigenvalue weighted by Gasteiger charge is 2.18. The molecule has 0 radical (unpaired) electrons. The number of nitrogens with one attached hydrogen (secondary N) is 1. The van der Waals surface area contributed by atoms with E-state index in [2.05, 4.69) is 22.4 Å². The zero-order valence-corrected chi connectivity index (χ0v) is 20.8. The third-order valence-corrected chi connectivity index (χ3v) is 5.68. The quantitative estimate of drug-likeness (QED) is 0.293. The van der Waals surface area contributed by atoms with Crippen molar-refractivity contribution in [1.29, 1.82) is 0 Å². The van der Waals surface area contributed by atoms with Gasteiger partial charge in [0.15, 0.2) is 0 Å². The van der Waals surface area contributed by atoms with Crippen LogP contribution in [0.2, 0.25) is 5.02 Å². The lowest BCUT2D eigenvalue weighted by Gasteiger charge is -2.15. The number of aryl methyl sites for hydroxylation is 1. The molecule has 0 unspecified atom stereocenters. The standard InChI is InChI=1S/C28H26ClN3O4/c1-3-35-27(34)25-16-30-28(32(26(25)33)17-20-8-10-22(29)11-9-20)31-23-12-14-24(15-13-23)36-18-21-6-4-19(2)5-7-21/h4-16H,3,17-18H2,1-2H3,(H,30,31). The maximum absolute atomic E-state index is 13.2. The monoisotopic (exact) mass is 503 g/mol. The second kappa shape index (κ2) is 11.6. The van der Waals surface area contributed by atoms with Gasteiger partial charge in [-0.1, -0.05) is 53.6 Å². The Morgan fingerprint density at radius 1 is 0.972 bits per heavy atom. The van der Waals surface area contributed by atoms with Crippen molar-refractivity contribution in [3.05, 3.63) is 117 Å². The van der Waals surface area contributed by atoms with E-state index in [9.17, 15) is 9.59 Å². The number of rotatable bonds is 9. The summed E-state index contributed by atoms with van der Waals surface area (Å²) >= 11 is 6.00. The van der Waals surface area contributed by atoms with Crippen LogP contribution in [0.15, 0.2) is 83.8 Å². The summed E-state index contributed by atoms with van der Waals surface area (Å²) in [6.07, 6.45) is 1.24. The third kappa shape index (κ3) is 6.31. The average Bonchev–Trinajstić information content (AvgIpc) is 2.88. The zero-order chi connectivity index (χ0) is 25.5. The van der Waals surface area contributed by atoms with Gasteiger partial charge in [0.1, 0.15) is 17.9 Å². The molecule has 0 saturated carbocycles. The Kier molecular flexibility index (Phi) is 8.02. The molecule has 0 saturated heterocycles. The van der Waals surface area contributed by atoms with Crippen LogP contribution in [-0.4, -0.2) is 22.1 Å². The number of ether oxygens (including phenoxy) is 2. The molecule has 1 N–H and O–H groups in total. The first-order chi connectivity index (χ1) is 17.4. The number of benzene rings is 3. The van der Waals surface area contributed by atoms with Gasteiger partial charge in [0, 0.05) is 10.7 Å². The number of carbonyl (C=O) groups is 1. The summed E-state index contributed by atoms with van der Waals surface area (Å²) in [7, 11) is 0. The summed E-state index contributed by atoms with van der Waals surface area (Å²) in [5.74, 6) is 0.295. The van der Waals surface area contributed by atoms with Crippen LogP contribution in [0.25, 0.3) is 0 Å². The van der Waals surface area contributed by atoms with Crippen LogP contribution in [0.4, 0.5) is 11.6 Å². The number of anilines is 2. The molecule has 0 atom stereocenters. The second-order valence-corrected chi connectivity index (χ2v) is 8.59. The van der Waals surface area contributed by atoms with Gasteiger partial charge in [-0.15, -0.1) is 0 Å². The Morgan fingerprint density at radius 2 is 1.64 bits per heavy atom. The third-order valence-electron chi connectivity index (χ3n) is 5.43. The van der Waals surface area contributed by atoms with Crippen molar-refractivity contribution in [2.45, 2.75) is 27.0 Å². The summed E-state index contributed by atoms with van der Waals surface area (Å²) in [4.78, 5) is 29.8. The SMILES string of the molecule is CCOC(=O)c1cnc(Nc2ccc(OCc3ccc(C)cc3)cc2)n(Cc2ccc(Cl)cc2)c1=O. The average molecular weight is 504 g/mol. The summed E-state index contributed by atoms with van der Waals surface area (Å²) in [5, 5.41) is 3.76. The number of carbonyl (C=O) groups excluding carboxylic acids is 1. The smallest absolute Gasteiger partial charge is 0.345 e. The van der Waals surface area contributed by atoms with E-state index in [0.717, 1.165) is 11.1 Å². The molecule has 0 aliphatic carbocycles. The molecule has 0 amide bonds. The van der Waals surface area contributed by atoms with Gasteiger partial charge in [-0.2, -0.15) is 0 Å². The normalized spacial score (nSPS) is 10.6. The lowest BCUT2D eigenvalue weighted by Crippen LogP contribution is -2.30. The summed E-state index contributed by atoms with van der Waals surface area (Å²) in [6.45, 7) is 4.54. The Morgan fingerprint density at radius 3 is 2.31 bits per heavy atom. The molecule has 0 aliphatic rings. The fourth-order valence-electron chi connectivity index (χ4n) is 3.47. The maximum atomic E-state index is 13.2. The molecule has 0 spiro atoms. The lowest BCUT2D eigenvalue weighted by atomic mass is 10.2. The molecular formula is C28H26ClN3O4. The van der Waals surface area contributed by atoms with E-state index in [-0.39, 0.29) is 24.7 Å². The van der Waals surface area contributed by atoms with Crippen LogP contribution in [0.3, 0.4) is 0 Å². The molecule has 0 bridgehead atoms. The van der Waals surface area contributed by atoms with Gasteiger partial charge in [-0.3, -0.25) is 9.36 Å². The number of hydrogen-bond donors (Lipinski definition) is 1. The Bertz CT molecular complexity index is 1380. The van der Waals surface area contributed by atoms with Crippen molar-refractivity contribution >= 4 is 29.2 Å². The predicted octanol–water partition coefficient (Wildman–Crippen LogP) is 5.75. The molecule has 8 heteroatoms. The maximum Gasteiger partial charge on any atom is 0.345 e. The minimum atomic E-state index is -0.707. The van der Waals surface area contributed by atoms with Crippen molar-refractivity contribution in [1.82, 2.24) is 9.55 Å². The van der Waals surface area contributed by atoms with Crippen LogP contribution in [-0.2, 0) is 17.9 Å². The molecule has 1 heterocycles. The zero-order valence-electron chi connectivity index (χ0n) is 20.0. The fraction of sp³-hybridized carbons (Fsp3) is 0.179. The predicted molar refractivity (Wildman–Crippen MR) is 140 cm³/mol. The van der Waals surface area contributed by atoms with E-state index in [1.807, 2.05) is 55.5 Å². The van der Waals surface area contributed by atoms with Gasteiger partial charge < -0.3 is 14.8 Å². The van der Waals surface area contributed by atoms with E-state index < -0.39 is 11.5 Å². The van der Waals surface area contributed by atoms with Crippen molar-refractivity contribution in [2.24, 2.45) is 0 Å². The van der Waals surface area contributed by atoms with Gasteiger partial charge >= 0.3 is 5.97 Å². The summed E-state index contributed by atoms with van der Waals surface area (Å²) in [6, 6.07) is 22.6. The highest BCUT2D eigenvalue weighted by atomic mass is 35.5. The first-order valence-corrected chi connectivity index (χ1v) is 11.9. The topological polar surface area (TPSA) is 82.4 Å². The molecule has 4 aromatic rings. The number of aromatic nitrogens is 2. The molecular weight excluding hydrogens is 478 g/mol. The second-order valence-electron chi connectivity index (χ2n) is 8.16. The molecule has 0 fully saturated rings. The lowest BCUT2D eigenvalue weighted by molar-refractivity contribution is 0.0523. The van der Waals surface area contributed by atoms with Crippen LogP contribution in [0.1, 0.15) is 34.0 Å². The Balaban J connectivity index is 1.55. The highest BCUT2D eigenvalue weighted by Crippen LogP contribution is 2.21. The van der Waals surface area contributed by atoms with Crippen molar-refractivity contribution in [3.8, 4) is 5.75 Å². The fourth-order valence-corrected chi connectivity index (χ4v) is 3.60. The molecule has 36 heavy (non-hydrogen) atoms. The van der Waals surface area contributed by atoms with Crippen molar-refractivity contribution in [3.63, 3.8) is 0 Å². The van der Waals surface area contributed by atoms with Gasteiger partial charge in [0.05, 0.1) is 19.3 Å². The minimum Gasteiger partial charge on any atom is -0.489 e. The van der Waals surface area contributed by atoms with Gasteiger partial charge in [0.25, 0.3) is 5.56 Å². The van der Waals surface area contributed by atoms with Gasteiger partial charge in [0.2, 0.25) is 5.95 Å².